The highest BCUT2D eigenvalue weighted by Crippen LogP contribution is 2.34. The summed E-state index contributed by atoms with van der Waals surface area (Å²) in [7, 11) is 0. The largest absolute Gasteiger partial charge is 0.508 e. The van der Waals surface area contributed by atoms with E-state index in [0.717, 1.165) is 22.4 Å². The van der Waals surface area contributed by atoms with Gasteiger partial charge in [0.15, 0.2) is 0 Å². The number of aryl methyl sites for hydroxylation is 2. The van der Waals surface area contributed by atoms with Crippen molar-refractivity contribution in [3.63, 3.8) is 0 Å². The van der Waals surface area contributed by atoms with Crippen LogP contribution >= 0.6 is 0 Å². The molecule has 0 amide bonds. The van der Waals surface area contributed by atoms with Crippen LogP contribution in [0.2, 0.25) is 0 Å². The third-order valence-electron chi connectivity index (χ3n) is 3.82. The monoisotopic (exact) mass is 278 g/mol. The molecular formula is C18H18N2O. The summed E-state index contributed by atoms with van der Waals surface area (Å²) in [4.78, 5) is 4.08. The molecule has 21 heavy (non-hydrogen) atoms. The fraction of sp³-hybridized carbons (Fsp3) is 0.167. The predicted octanol–water partition coefficient (Wildman–Crippen LogP) is 4.17. The Morgan fingerprint density at radius 3 is 2.48 bits per heavy atom. The topological polar surface area (TPSA) is 38.0 Å². The zero-order valence-electron chi connectivity index (χ0n) is 12.5. The van der Waals surface area contributed by atoms with Crippen LogP contribution in [0.15, 0.2) is 49.1 Å². The van der Waals surface area contributed by atoms with Crippen LogP contribution in [-0.4, -0.2) is 14.7 Å². The van der Waals surface area contributed by atoms with Gasteiger partial charge in [0.05, 0.1) is 12.0 Å². The summed E-state index contributed by atoms with van der Waals surface area (Å²) >= 11 is 0. The van der Waals surface area contributed by atoms with Gasteiger partial charge in [-0.15, -0.1) is 0 Å². The third-order valence-corrected chi connectivity index (χ3v) is 3.82. The lowest BCUT2D eigenvalue weighted by molar-refractivity contribution is 0.475. The van der Waals surface area contributed by atoms with Crippen LogP contribution in [0.5, 0.6) is 5.75 Å². The maximum Gasteiger partial charge on any atom is 0.118 e. The number of imidazole rings is 1. The van der Waals surface area contributed by atoms with Crippen molar-refractivity contribution in [2.24, 2.45) is 0 Å². The summed E-state index contributed by atoms with van der Waals surface area (Å²) in [5.74, 6) is 0.263. The van der Waals surface area contributed by atoms with Crippen LogP contribution in [0.1, 0.15) is 16.7 Å². The zero-order valence-corrected chi connectivity index (χ0v) is 12.5. The molecule has 0 spiro atoms. The van der Waals surface area contributed by atoms with Crippen LogP contribution in [0.4, 0.5) is 0 Å². The molecule has 0 saturated heterocycles. The molecular weight excluding hydrogens is 260 g/mol. The number of aromatic hydroxyl groups is 1. The molecule has 1 N–H and O–H groups in total. The van der Waals surface area contributed by atoms with Crippen molar-refractivity contribution >= 4 is 0 Å². The molecule has 0 fully saturated rings. The smallest absolute Gasteiger partial charge is 0.118 e. The number of aromatic nitrogens is 2. The second kappa shape index (κ2) is 5.09. The van der Waals surface area contributed by atoms with E-state index in [2.05, 4.69) is 44.0 Å². The first-order valence-corrected chi connectivity index (χ1v) is 6.96. The molecule has 1 heterocycles. The lowest BCUT2D eigenvalue weighted by Crippen LogP contribution is -1.97. The summed E-state index contributed by atoms with van der Waals surface area (Å²) in [6.07, 6.45) is 5.36. The Balaban J connectivity index is 2.24. The van der Waals surface area contributed by atoms with E-state index >= 15 is 0 Å². The minimum atomic E-state index is 0.263. The Morgan fingerprint density at radius 2 is 1.81 bits per heavy atom. The van der Waals surface area contributed by atoms with E-state index in [0.29, 0.717) is 0 Å². The quantitative estimate of drug-likeness (QED) is 0.764. The van der Waals surface area contributed by atoms with E-state index in [1.54, 1.807) is 18.6 Å². The first-order valence-electron chi connectivity index (χ1n) is 6.96. The summed E-state index contributed by atoms with van der Waals surface area (Å²) in [5, 5.41) is 10.1. The van der Waals surface area contributed by atoms with E-state index in [1.807, 2.05) is 16.8 Å². The minimum Gasteiger partial charge on any atom is -0.508 e. The fourth-order valence-corrected chi connectivity index (χ4v) is 2.75. The van der Waals surface area contributed by atoms with Gasteiger partial charge in [0.2, 0.25) is 0 Å². The Labute approximate surface area is 124 Å². The number of nitrogens with zero attached hydrogens (tertiary/aromatic N) is 2. The van der Waals surface area contributed by atoms with Gasteiger partial charge in [-0.1, -0.05) is 23.8 Å². The highest BCUT2D eigenvalue weighted by Gasteiger charge is 2.12. The number of benzene rings is 2. The van der Waals surface area contributed by atoms with E-state index in [9.17, 15) is 5.11 Å². The molecule has 3 heteroatoms. The molecule has 1 aromatic heterocycles. The van der Waals surface area contributed by atoms with Crippen molar-refractivity contribution in [2.75, 3.05) is 0 Å². The van der Waals surface area contributed by atoms with Gasteiger partial charge in [-0.3, -0.25) is 0 Å². The zero-order chi connectivity index (χ0) is 15.0. The second-order valence-corrected chi connectivity index (χ2v) is 5.43. The highest BCUT2D eigenvalue weighted by atomic mass is 16.3. The van der Waals surface area contributed by atoms with Crippen LogP contribution in [0.3, 0.4) is 0 Å². The van der Waals surface area contributed by atoms with Crippen LogP contribution in [0.25, 0.3) is 16.8 Å². The van der Waals surface area contributed by atoms with Crippen LogP contribution < -0.4 is 0 Å². The molecule has 0 radical (unpaired) electrons. The molecule has 3 aromatic rings. The molecule has 0 aliphatic heterocycles. The number of rotatable bonds is 2. The van der Waals surface area contributed by atoms with Gasteiger partial charge >= 0.3 is 0 Å². The highest BCUT2D eigenvalue weighted by molar-refractivity contribution is 5.75. The van der Waals surface area contributed by atoms with E-state index in [-0.39, 0.29) is 5.75 Å². The molecule has 0 atom stereocenters. The molecule has 0 saturated carbocycles. The molecule has 2 aromatic carbocycles. The number of phenolic OH excluding ortho intramolecular Hbond substituents is 1. The first kappa shape index (κ1) is 13.4. The Morgan fingerprint density at radius 1 is 1.00 bits per heavy atom. The van der Waals surface area contributed by atoms with Crippen LogP contribution in [-0.2, 0) is 0 Å². The maximum atomic E-state index is 10.1. The molecule has 106 valence electrons. The van der Waals surface area contributed by atoms with Crippen molar-refractivity contribution in [3.05, 3.63) is 65.7 Å². The van der Waals surface area contributed by atoms with Gasteiger partial charge in [-0.25, -0.2) is 4.98 Å². The average Bonchev–Trinajstić information content (AvgIpc) is 2.95. The van der Waals surface area contributed by atoms with E-state index in [1.165, 1.54) is 11.1 Å². The Bertz CT molecular complexity index is 789. The van der Waals surface area contributed by atoms with Crippen molar-refractivity contribution in [1.82, 2.24) is 9.55 Å². The van der Waals surface area contributed by atoms with Gasteiger partial charge in [-0.05, 0) is 49.1 Å². The van der Waals surface area contributed by atoms with Gasteiger partial charge < -0.3 is 9.67 Å². The first-order chi connectivity index (χ1) is 10.1. The van der Waals surface area contributed by atoms with Crippen molar-refractivity contribution < 1.29 is 5.11 Å². The second-order valence-electron chi connectivity index (χ2n) is 5.43. The predicted molar refractivity (Wildman–Crippen MR) is 84.9 cm³/mol. The molecule has 0 aliphatic rings. The normalized spacial score (nSPS) is 10.8. The Hall–Kier alpha value is -2.55. The van der Waals surface area contributed by atoms with E-state index in [4.69, 9.17) is 0 Å². The summed E-state index contributed by atoms with van der Waals surface area (Å²) in [5.41, 5.74) is 6.72. The maximum absolute atomic E-state index is 10.1. The number of phenols is 1. The minimum absolute atomic E-state index is 0.263. The van der Waals surface area contributed by atoms with Crippen LogP contribution in [0, 0.1) is 20.8 Å². The molecule has 0 unspecified atom stereocenters. The summed E-state index contributed by atoms with van der Waals surface area (Å²) in [6, 6.07) is 9.97. The van der Waals surface area contributed by atoms with Crippen molar-refractivity contribution in [3.8, 4) is 22.6 Å². The Kier molecular flexibility index (Phi) is 3.26. The summed E-state index contributed by atoms with van der Waals surface area (Å²) in [6.45, 7) is 6.26. The number of hydrogen-bond acceptors (Lipinski definition) is 2. The molecule has 0 aliphatic carbocycles. The van der Waals surface area contributed by atoms with Gasteiger partial charge in [0.25, 0.3) is 0 Å². The summed E-state index contributed by atoms with van der Waals surface area (Å²) < 4.78 is 1.92. The molecule has 3 rings (SSSR count). The van der Waals surface area contributed by atoms with Gasteiger partial charge in [-0.2, -0.15) is 0 Å². The SMILES string of the molecule is Cc1ccc(-c2cc(O)cc(-n3ccnc3)c2C)c(C)c1. The molecule has 0 bridgehead atoms. The molecule has 3 nitrogen and oxygen atoms in total. The fourth-order valence-electron chi connectivity index (χ4n) is 2.75. The lowest BCUT2D eigenvalue weighted by atomic mass is 9.94. The van der Waals surface area contributed by atoms with Gasteiger partial charge in [0, 0.05) is 18.5 Å². The average molecular weight is 278 g/mol. The number of hydrogen-bond donors (Lipinski definition) is 1. The van der Waals surface area contributed by atoms with Crippen molar-refractivity contribution in [2.45, 2.75) is 20.8 Å². The lowest BCUT2D eigenvalue weighted by Gasteiger charge is -2.15. The third kappa shape index (κ3) is 2.42. The van der Waals surface area contributed by atoms with Crippen molar-refractivity contribution in [1.29, 1.82) is 0 Å². The van der Waals surface area contributed by atoms with Gasteiger partial charge in [0.1, 0.15) is 5.75 Å². The van der Waals surface area contributed by atoms with E-state index < -0.39 is 0 Å². The standard InChI is InChI=1S/C18H18N2O/c1-12-4-5-16(13(2)8-12)17-9-15(21)10-18(14(17)3)20-7-6-19-11-20/h4-11,21H,1-3H3.